The van der Waals surface area contributed by atoms with Crippen LogP contribution in [-0.4, -0.2) is 40.0 Å². The third kappa shape index (κ3) is 1.85. The van der Waals surface area contributed by atoms with E-state index in [1.165, 1.54) is 0 Å². The van der Waals surface area contributed by atoms with Gasteiger partial charge in [0.1, 0.15) is 11.0 Å². The maximum atomic E-state index is 11.5. The Labute approximate surface area is 103 Å². The van der Waals surface area contributed by atoms with Gasteiger partial charge in [0.05, 0.1) is 13.0 Å². The number of hydrogen-bond acceptors (Lipinski definition) is 5. The number of Topliss-reactive ketones (excluding diaryl/α,β-unsaturated/α-hetero) is 1. The van der Waals surface area contributed by atoms with E-state index in [1.54, 1.807) is 4.90 Å². The number of ketones is 1. The van der Waals surface area contributed by atoms with E-state index in [0.29, 0.717) is 18.5 Å². The lowest BCUT2D eigenvalue weighted by Gasteiger charge is -2.13. The lowest BCUT2D eigenvalue weighted by molar-refractivity contribution is -0.127. The van der Waals surface area contributed by atoms with Crippen molar-refractivity contribution in [2.24, 2.45) is 0 Å². The molecule has 2 heterocycles. The minimum absolute atomic E-state index is 0.0127. The Hall–Kier alpha value is -2.24. The molecule has 3 rings (SSSR count). The van der Waals surface area contributed by atoms with Crippen LogP contribution in [0, 0.1) is 0 Å². The molecule has 0 aliphatic carbocycles. The van der Waals surface area contributed by atoms with E-state index in [-0.39, 0.29) is 24.7 Å². The molecule has 1 amide bonds. The van der Waals surface area contributed by atoms with E-state index < -0.39 is 0 Å². The SMILES string of the molecule is O=C1CC(=O)N(CCc2cccc3nonc23)C1. The number of carbonyl (C=O) groups excluding carboxylic acids is 2. The molecular formula is C12H11N3O3. The highest BCUT2D eigenvalue weighted by Gasteiger charge is 2.26. The van der Waals surface area contributed by atoms with Crippen molar-refractivity contribution < 1.29 is 14.2 Å². The number of likely N-dealkylation sites (tertiary alicyclic amines) is 1. The maximum Gasteiger partial charge on any atom is 0.230 e. The van der Waals surface area contributed by atoms with Crippen molar-refractivity contribution in [3.05, 3.63) is 23.8 Å². The van der Waals surface area contributed by atoms with Crippen LogP contribution in [-0.2, 0) is 16.0 Å². The number of nitrogens with zero attached hydrogens (tertiary/aromatic N) is 3. The molecule has 1 saturated heterocycles. The Bertz CT molecular complexity index is 620. The number of fused-ring (bicyclic) bond motifs is 1. The zero-order valence-electron chi connectivity index (χ0n) is 9.63. The normalized spacial score (nSPS) is 15.9. The summed E-state index contributed by atoms with van der Waals surface area (Å²) in [6, 6.07) is 5.62. The lowest BCUT2D eigenvalue weighted by Crippen LogP contribution is -2.27. The molecule has 1 fully saturated rings. The van der Waals surface area contributed by atoms with E-state index in [9.17, 15) is 9.59 Å². The Morgan fingerprint density at radius 3 is 2.94 bits per heavy atom. The predicted molar refractivity (Wildman–Crippen MR) is 61.7 cm³/mol. The van der Waals surface area contributed by atoms with Crippen LogP contribution in [0.25, 0.3) is 11.0 Å². The van der Waals surface area contributed by atoms with Gasteiger partial charge < -0.3 is 4.90 Å². The van der Waals surface area contributed by atoms with Crippen molar-refractivity contribution in [2.45, 2.75) is 12.8 Å². The van der Waals surface area contributed by atoms with Gasteiger partial charge in [0.2, 0.25) is 5.91 Å². The third-order valence-electron chi connectivity index (χ3n) is 3.09. The molecule has 0 saturated carbocycles. The highest BCUT2D eigenvalue weighted by atomic mass is 16.6. The predicted octanol–water partition coefficient (Wildman–Crippen LogP) is 0.567. The summed E-state index contributed by atoms with van der Waals surface area (Å²) in [6.07, 6.45) is 0.681. The van der Waals surface area contributed by atoms with Crippen molar-refractivity contribution in [2.75, 3.05) is 13.1 Å². The van der Waals surface area contributed by atoms with Gasteiger partial charge >= 0.3 is 0 Å². The number of aromatic nitrogens is 2. The topological polar surface area (TPSA) is 76.3 Å². The van der Waals surface area contributed by atoms with Crippen LogP contribution in [0.2, 0.25) is 0 Å². The molecule has 0 spiro atoms. The summed E-state index contributed by atoms with van der Waals surface area (Å²) in [5, 5.41) is 7.61. The molecule has 1 aromatic carbocycles. The summed E-state index contributed by atoms with van der Waals surface area (Å²) >= 11 is 0. The zero-order valence-corrected chi connectivity index (χ0v) is 9.63. The Morgan fingerprint density at radius 1 is 1.28 bits per heavy atom. The first-order valence-corrected chi connectivity index (χ1v) is 5.73. The van der Waals surface area contributed by atoms with Crippen LogP contribution >= 0.6 is 0 Å². The largest absolute Gasteiger partial charge is 0.335 e. The average Bonchev–Trinajstić information content (AvgIpc) is 2.93. The second-order valence-corrected chi connectivity index (χ2v) is 4.33. The van der Waals surface area contributed by atoms with Crippen molar-refractivity contribution in [1.29, 1.82) is 0 Å². The van der Waals surface area contributed by atoms with Gasteiger partial charge in [0, 0.05) is 6.54 Å². The molecule has 6 nitrogen and oxygen atoms in total. The van der Waals surface area contributed by atoms with Crippen LogP contribution in [0.5, 0.6) is 0 Å². The lowest BCUT2D eigenvalue weighted by atomic mass is 10.1. The van der Waals surface area contributed by atoms with E-state index in [1.807, 2.05) is 18.2 Å². The van der Waals surface area contributed by atoms with Gasteiger partial charge in [-0.2, -0.15) is 0 Å². The highest BCUT2D eigenvalue weighted by Crippen LogP contribution is 2.16. The minimum atomic E-state index is -0.0922. The van der Waals surface area contributed by atoms with Crippen molar-refractivity contribution in [3.63, 3.8) is 0 Å². The number of hydrogen-bond donors (Lipinski definition) is 0. The zero-order chi connectivity index (χ0) is 12.5. The van der Waals surface area contributed by atoms with E-state index >= 15 is 0 Å². The van der Waals surface area contributed by atoms with Crippen molar-refractivity contribution in [1.82, 2.24) is 15.2 Å². The monoisotopic (exact) mass is 245 g/mol. The minimum Gasteiger partial charge on any atom is -0.335 e. The average molecular weight is 245 g/mol. The summed E-state index contributed by atoms with van der Waals surface area (Å²) in [4.78, 5) is 24.2. The third-order valence-corrected chi connectivity index (χ3v) is 3.09. The summed E-state index contributed by atoms with van der Waals surface area (Å²) < 4.78 is 4.68. The summed E-state index contributed by atoms with van der Waals surface area (Å²) in [7, 11) is 0. The Morgan fingerprint density at radius 2 is 2.17 bits per heavy atom. The summed E-state index contributed by atoms with van der Waals surface area (Å²) in [6.45, 7) is 0.752. The second-order valence-electron chi connectivity index (χ2n) is 4.33. The van der Waals surface area contributed by atoms with Crippen LogP contribution in [0.4, 0.5) is 0 Å². The molecule has 0 radical (unpaired) electrons. The van der Waals surface area contributed by atoms with Crippen LogP contribution in [0.1, 0.15) is 12.0 Å². The van der Waals surface area contributed by atoms with Gasteiger partial charge in [-0.05, 0) is 28.4 Å². The molecule has 92 valence electrons. The fraction of sp³-hybridized carbons (Fsp3) is 0.333. The Kier molecular flexibility index (Phi) is 2.55. The molecule has 6 heteroatoms. The molecule has 1 aromatic heterocycles. The van der Waals surface area contributed by atoms with Gasteiger partial charge in [-0.15, -0.1) is 0 Å². The van der Waals surface area contributed by atoms with E-state index in [2.05, 4.69) is 14.9 Å². The van der Waals surface area contributed by atoms with E-state index in [4.69, 9.17) is 0 Å². The summed E-state index contributed by atoms with van der Waals surface area (Å²) in [5.41, 5.74) is 2.40. The number of rotatable bonds is 3. The second kappa shape index (κ2) is 4.21. The highest BCUT2D eigenvalue weighted by molar-refractivity contribution is 6.05. The number of benzene rings is 1. The van der Waals surface area contributed by atoms with Crippen molar-refractivity contribution in [3.8, 4) is 0 Å². The van der Waals surface area contributed by atoms with Gasteiger partial charge in [-0.25, -0.2) is 4.63 Å². The van der Waals surface area contributed by atoms with Crippen LogP contribution in [0.3, 0.4) is 0 Å². The van der Waals surface area contributed by atoms with Gasteiger partial charge in [0.25, 0.3) is 0 Å². The molecule has 2 aromatic rings. The van der Waals surface area contributed by atoms with Gasteiger partial charge in [0.15, 0.2) is 5.78 Å². The molecule has 1 aliphatic rings. The van der Waals surface area contributed by atoms with Gasteiger partial charge in [-0.1, -0.05) is 12.1 Å². The molecule has 1 aliphatic heterocycles. The molecule has 0 unspecified atom stereocenters. The fourth-order valence-electron chi connectivity index (χ4n) is 2.16. The molecule has 0 bridgehead atoms. The molecule has 18 heavy (non-hydrogen) atoms. The first-order chi connectivity index (χ1) is 8.74. The Balaban J connectivity index is 1.75. The van der Waals surface area contributed by atoms with Crippen LogP contribution in [0.15, 0.2) is 22.8 Å². The molecule has 0 N–H and O–H groups in total. The first kappa shape index (κ1) is 10.9. The smallest absolute Gasteiger partial charge is 0.230 e. The van der Waals surface area contributed by atoms with Crippen molar-refractivity contribution >= 4 is 22.7 Å². The fourth-order valence-corrected chi connectivity index (χ4v) is 2.16. The quantitative estimate of drug-likeness (QED) is 0.739. The molecule has 0 atom stereocenters. The first-order valence-electron chi connectivity index (χ1n) is 5.73. The number of amides is 1. The molecular weight excluding hydrogens is 234 g/mol. The van der Waals surface area contributed by atoms with E-state index in [0.717, 1.165) is 11.1 Å². The number of carbonyl (C=O) groups is 2. The van der Waals surface area contributed by atoms with Crippen LogP contribution < -0.4 is 0 Å². The standard InChI is InChI=1S/C12H11N3O3/c16-9-6-11(17)15(7-9)5-4-8-2-1-3-10-12(8)14-18-13-10/h1-3H,4-7H2. The summed E-state index contributed by atoms with van der Waals surface area (Å²) in [5.74, 6) is -0.105. The maximum absolute atomic E-state index is 11.5. The van der Waals surface area contributed by atoms with Gasteiger partial charge in [-0.3, -0.25) is 9.59 Å².